The minimum atomic E-state index is -3.16. The molecule has 2 rings (SSSR count). The lowest BCUT2D eigenvalue weighted by atomic mass is 10.0. The van der Waals surface area contributed by atoms with Crippen molar-refractivity contribution >= 4 is 21.7 Å². The van der Waals surface area contributed by atoms with E-state index in [2.05, 4.69) is 5.32 Å². The van der Waals surface area contributed by atoms with Crippen molar-refractivity contribution in [2.45, 2.75) is 25.3 Å². The summed E-state index contributed by atoms with van der Waals surface area (Å²) in [6, 6.07) is 7.29. The largest absolute Gasteiger partial charge is 0.479 e. The minimum Gasteiger partial charge on any atom is -0.479 e. The number of carboxylic acids is 1. The summed E-state index contributed by atoms with van der Waals surface area (Å²) in [7, 11) is -3.16. The predicted molar refractivity (Wildman–Crippen MR) is 81.0 cm³/mol. The van der Waals surface area contributed by atoms with Gasteiger partial charge in [0, 0.05) is 12.7 Å². The van der Waals surface area contributed by atoms with Crippen LogP contribution in [-0.2, 0) is 19.4 Å². The molecule has 0 radical (unpaired) electrons. The van der Waals surface area contributed by atoms with Crippen LogP contribution in [0.1, 0.15) is 30.9 Å². The van der Waals surface area contributed by atoms with Gasteiger partial charge in [-0.2, -0.15) is 0 Å². The summed E-state index contributed by atoms with van der Waals surface area (Å²) in [5, 5.41) is 11.7. The van der Waals surface area contributed by atoms with E-state index < -0.39 is 33.2 Å². The number of carboxylic acid groups (broad SMARTS) is 1. The van der Waals surface area contributed by atoms with Gasteiger partial charge in [0.25, 0.3) is 0 Å². The Hall–Kier alpha value is -1.89. The second kappa shape index (κ2) is 6.08. The molecule has 0 heterocycles. The number of carbonyl (C=O) groups excluding carboxylic acids is 1. The van der Waals surface area contributed by atoms with Crippen LogP contribution >= 0.6 is 0 Å². The lowest BCUT2D eigenvalue weighted by Gasteiger charge is -2.18. The molecular formula is C15H19NO5S. The van der Waals surface area contributed by atoms with Gasteiger partial charge in [-0.05, 0) is 23.8 Å². The van der Waals surface area contributed by atoms with Gasteiger partial charge in [-0.1, -0.05) is 30.3 Å². The van der Waals surface area contributed by atoms with E-state index in [0.717, 1.165) is 6.26 Å². The van der Waals surface area contributed by atoms with E-state index in [1.165, 1.54) is 0 Å². The normalized spacial score (nSPS) is 17.5. The Kier molecular flexibility index (Phi) is 4.55. The van der Waals surface area contributed by atoms with Crippen LogP contribution in [0.5, 0.6) is 0 Å². The molecular weight excluding hydrogens is 306 g/mol. The molecule has 1 aromatic carbocycles. The van der Waals surface area contributed by atoms with Crippen molar-refractivity contribution in [3.05, 3.63) is 35.9 Å². The third-order valence-electron chi connectivity index (χ3n) is 3.75. The van der Waals surface area contributed by atoms with Gasteiger partial charge >= 0.3 is 5.97 Å². The molecule has 1 atom stereocenters. The van der Waals surface area contributed by atoms with Gasteiger partial charge in [-0.3, -0.25) is 4.79 Å². The standard InChI is InChI=1S/C15H19NO5S/c1-22(20,21)10-15(7-8-15)9-12(17)16-13(14(18)19)11-5-3-2-4-6-11/h2-6,13H,7-10H2,1H3,(H,16,17)(H,18,19)/t13-/m1/s1. The Bertz CT molecular complexity index is 664. The zero-order chi connectivity index (χ0) is 16.4. The molecule has 1 aliphatic rings. The Morgan fingerprint density at radius 1 is 1.27 bits per heavy atom. The maximum atomic E-state index is 12.1. The van der Waals surface area contributed by atoms with Gasteiger partial charge in [0.1, 0.15) is 9.84 Å². The first-order valence-electron chi connectivity index (χ1n) is 6.96. The summed E-state index contributed by atoms with van der Waals surface area (Å²) in [4.78, 5) is 23.4. The van der Waals surface area contributed by atoms with Gasteiger partial charge in [0.05, 0.1) is 5.75 Å². The molecule has 22 heavy (non-hydrogen) atoms. The predicted octanol–water partition coefficient (Wildman–Crippen LogP) is 1.14. The summed E-state index contributed by atoms with van der Waals surface area (Å²) in [5.74, 6) is -1.61. The maximum absolute atomic E-state index is 12.1. The topological polar surface area (TPSA) is 101 Å². The number of nitrogens with one attached hydrogen (secondary N) is 1. The first kappa shape index (κ1) is 16.5. The van der Waals surface area contributed by atoms with Gasteiger partial charge in [-0.15, -0.1) is 0 Å². The highest BCUT2D eigenvalue weighted by atomic mass is 32.2. The molecule has 120 valence electrons. The fourth-order valence-electron chi connectivity index (χ4n) is 2.59. The quantitative estimate of drug-likeness (QED) is 0.783. The van der Waals surface area contributed by atoms with Gasteiger partial charge < -0.3 is 10.4 Å². The summed E-state index contributed by atoms with van der Waals surface area (Å²) in [6.07, 6.45) is 2.54. The Morgan fingerprint density at radius 2 is 1.86 bits per heavy atom. The number of hydrogen-bond acceptors (Lipinski definition) is 4. The highest BCUT2D eigenvalue weighted by Crippen LogP contribution is 2.49. The molecule has 1 fully saturated rings. The molecule has 1 amide bonds. The second-order valence-corrected chi connectivity index (χ2v) is 8.14. The zero-order valence-electron chi connectivity index (χ0n) is 12.3. The fourth-order valence-corrected chi connectivity index (χ4v) is 4.09. The van der Waals surface area contributed by atoms with Crippen LogP contribution in [0.3, 0.4) is 0 Å². The van der Waals surface area contributed by atoms with Crippen molar-refractivity contribution in [2.24, 2.45) is 5.41 Å². The molecule has 0 aromatic heterocycles. The average molecular weight is 325 g/mol. The smallest absolute Gasteiger partial charge is 0.330 e. The first-order valence-corrected chi connectivity index (χ1v) is 9.02. The molecule has 0 unspecified atom stereocenters. The van der Waals surface area contributed by atoms with Crippen molar-refractivity contribution in [2.75, 3.05) is 12.0 Å². The van der Waals surface area contributed by atoms with Crippen molar-refractivity contribution in [3.63, 3.8) is 0 Å². The number of amides is 1. The van der Waals surface area contributed by atoms with Crippen molar-refractivity contribution in [1.29, 1.82) is 0 Å². The first-order chi connectivity index (χ1) is 10.2. The van der Waals surface area contributed by atoms with Crippen LogP contribution in [0.4, 0.5) is 0 Å². The van der Waals surface area contributed by atoms with Crippen LogP contribution in [0.2, 0.25) is 0 Å². The zero-order valence-corrected chi connectivity index (χ0v) is 13.1. The summed E-state index contributed by atoms with van der Waals surface area (Å²) >= 11 is 0. The van der Waals surface area contributed by atoms with Gasteiger partial charge in [-0.25, -0.2) is 13.2 Å². The third kappa shape index (κ3) is 4.56. The van der Waals surface area contributed by atoms with Crippen molar-refractivity contribution in [1.82, 2.24) is 5.32 Å². The number of rotatable bonds is 7. The lowest BCUT2D eigenvalue weighted by Crippen LogP contribution is -2.35. The monoisotopic (exact) mass is 325 g/mol. The molecule has 1 saturated carbocycles. The van der Waals surface area contributed by atoms with E-state index in [9.17, 15) is 23.1 Å². The van der Waals surface area contributed by atoms with E-state index in [0.29, 0.717) is 18.4 Å². The minimum absolute atomic E-state index is 0.0313. The van der Waals surface area contributed by atoms with E-state index in [1.807, 2.05) is 0 Å². The molecule has 0 saturated heterocycles. The van der Waals surface area contributed by atoms with E-state index in [1.54, 1.807) is 30.3 Å². The number of hydrogen-bond donors (Lipinski definition) is 2. The van der Waals surface area contributed by atoms with Crippen LogP contribution in [-0.4, -0.2) is 37.4 Å². The Morgan fingerprint density at radius 3 is 2.32 bits per heavy atom. The van der Waals surface area contributed by atoms with Crippen LogP contribution in [0, 0.1) is 5.41 Å². The molecule has 2 N–H and O–H groups in total. The maximum Gasteiger partial charge on any atom is 0.330 e. The number of benzene rings is 1. The molecule has 0 bridgehead atoms. The van der Waals surface area contributed by atoms with E-state index in [4.69, 9.17) is 0 Å². The molecule has 7 heteroatoms. The molecule has 0 aliphatic heterocycles. The highest BCUT2D eigenvalue weighted by Gasteiger charge is 2.47. The Labute approximate surface area is 129 Å². The van der Waals surface area contributed by atoms with Crippen LogP contribution in [0.15, 0.2) is 30.3 Å². The molecule has 0 spiro atoms. The molecule has 6 nitrogen and oxygen atoms in total. The van der Waals surface area contributed by atoms with Crippen molar-refractivity contribution in [3.8, 4) is 0 Å². The van der Waals surface area contributed by atoms with Crippen molar-refractivity contribution < 1.29 is 23.1 Å². The number of carbonyl (C=O) groups is 2. The molecule has 1 aromatic rings. The second-order valence-electron chi connectivity index (χ2n) is 6.00. The van der Waals surface area contributed by atoms with E-state index >= 15 is 0 Å². The highest BCUT2D eigenvalue weighted by molar-refractivity contribution is 7.90. The van der Waals surface area contributed by atoms with Crippen LogP contribution < -0.4 is 5.32 Å². The summed E-state index contributed by atoms with van der Waals surface area (Å²) < 4.78 is 22.8. The number of aliphatic carboxylic acids is 1. The Balaban J connectivity index is 2.03. The van der Waals surface area contributed by atoms with Crippen LogP contribution in [0.25, 0.3) is 0 Å². The summed E-state index contributed by atoms with van der Waals surface area (Å²) in [6.45, 7) is 0. The SMILES string of the molecule is CS(=O)(=O)CC1(CC(=O)N[C@@H](C(=O)O)c2ccccc2)CC1. The number of sulfone groups is 1. The van der Waals surface area contributed by atoms with Gasteiger partial charge in [0.15, 0.2) is 6.04 Å². The van der Waals surface area contributed by atoms with Gasteiger partial charge in [0.2, 0.25) is 5.91 Å². The third-order valence-corrected chi connectivity index (χ3v) is 4.88. The fraction of sp³-hybridized carbons (Fsp3) is 0.467. The average Bonchev–Trinajstić information content (AvgIpc) is 3.13. The lowest BCUT2D eigenvalue weighted by molar-refractivity contribution is -0.142. The summed E-state index contributed by atoms with van der Waals surface area (Å²) in [5.41, 5.74) is -0.0338. The molecule has 1 aliphatic carbocycles. The van der Waals surface area contributed by atoms with E-state index in [-0.39, 0.29) is 12.2 Å².